The maximum atomic E-state index is 12.5. The maximum Gasteiger partial charge on any atom is 0.202 e. The number of hydrogen-bond acceptors (Lipinski definition) is 3. The van der Waals surface area contributed by atoms with Crippen molar-refractivity contribution < 1.29 is 9.21 Å². The molecule has 4 nitrogen and oxygen atoms in total. The summed E-state index contributed by atoms with van der Waals surface area (Å²) < 4.78 is 7.55. The highest BCUT2D eigenvalue weighted by molar-refractivity contribution is 5.99. The number of ketones is 1. The predicted octanol–water partition coefficient (Wildman–Crippen LogP) is 3.52. The fourth-order valence-electron chi connectivity index (χ4n) is 2.67. The number of Topliss-reactive ketones (excluding diaryl/α,β-unsaturated/α-hetero) is 1. The van der Waals surface area contributed by atoms with Crippen molar-refractivity contribution in [3.05, 3.63) is 52.5 Å². The molecule has 0 N–H and O–H groups in total. The Hall–Kier alpha value is -2.36. The van der Waals surface area contributed by atoms with E-state index in [1.54, 1.807) is 4.68 Å². The van der Waals surface area contributed by atoms with Gasteiger partial charge in [0, 0.05) is 30.1 Å². The van der Waals surface area contributed by atoms with Crippen molar-refractivity contribution in [2.24, 2.45) is 7.05 Å². The molecule has 0 saturated carbocycles. The third-order valence-corrected chi connectivity index (χ3v) is 4.01. The van der Waals surface area contributed by atoms with E-state index in [1.807, 2.05) is 52.1 Å². The van der Waals surface area contributed by atoms with Gasteiger partial charge in [0.25, 0.3) is 0 Å². The SMILES string of the molecule is Cc1nn(C)c(C)c1CC(=O)c1cc2cccc(C)c2o1. The lowest BCUT2D eigenvalue weighted by atomic mass is 10.1. The maximum absolute atomic E-state index is 12.5. The minimum Gasteiger partial charge on any atom is -0.453 e. The third-order valence-electron chi connectivity index (χ3n) is 4.01. The second-order valence-corrected chi connectivity index (χ2v) is 5.48. The van der Waals surface area contributed by atoms with Gasteiger partial charge in [0.1, 0.15) is 5.58 Å². The molecule has 0 radical (unpaired) electrons. The van der Waals surface area contributed by atoms with Crippen molar-refractivity contribution in [2.75, 3.05) is 0 Å². The summed E-state index contributed by atoms with van der Waals surface area (Å²) in [6.45, 7) is 5.89. The predicted molar refractivity (Wildman–Crippen MR) is 81.7 cm³/mol. The normalized spacial score (nSPS) is 11.2. The number of nitrogens with zero attached hydrogens (tertiary/aromatic N) is 2. The Bertz CT molecular complexity index is 840. The molecule has 0 aliphatic rings. The molecule has 0 saturated heterocycles. The van der Waals surface area contributed by atoms with Gasteiger partial charge in [0.2, 0.25) is 5.78 Å². The summed E-state index contributed by atoms with van der Waals surface area (Å²) >= 11 is 0. The molecule has 0 aliphatic carbocycles. The molecule has 0 bridgehead atoms. The quantitative estimate of drug-likeness (QED) is 0.691. The number of carbonyl (C=O) groups excluding carboxylic acids is 1. The van der Waals surface area contributed by atoms with Crippen LogP contribution in [0.15, 0.2) is 28.7 Å². The van der Waals surface area contributed by atoms with Crippen molar-refractivity contribution >= 4 is 16.8 Å². The van der Waals surface area contributed by atoms with E-state index in [2.05, 4.69) is 5.10 Å². The van der Waals surface area contributed by atoms with Gasteiger partial charge in [-0.2, -0.15) is 5.10 Å². The number of aromatic nitrogens is 2. The molecule has 0 unspecified atom stereocenters. The minimum absolute atomic E-state index is 0.00944. The van der Waals surface area contributed by atoms with Crippen LogP contribution in [0.3, 0.4) is 0 Å². The smallest absolute Gasteiger partial charge is 0.202 e. The van der Waals surface area contributed by atoms with E-state index in [-0.39, 0.29) is 5.78 Å². The molecule has 0 amide bonds. The number of carbonyl (C=O) groups is 1. The van der Waals surface area contributed by atoms with Crippen LogP contribution in [0, 0.1) is 20.8 Å². The van der Waals surface area contributed by atoms with E-state index >= 15 is 0 Å². The second kappa shape index (κ2) is 4.88. The van der Waals surface area contributed by atoms with Crippen LogP contribution >= 0.6 is 0 Å². The molecule has 2 heterocycles. The van der Waals surface area contributed by atoms with Crippen LogP contribution in [-0.2, 0) is 13.5 Å². The first-order chi connectivity index (χ1) is 9.97. The van der Waals surface area contributed by atoms with E-state index in [0.717, 1.165) is 33.5 Å². The molecular weight excluding hydrogens is 264 g/mol. The molecule has 2 aromatic heterocycles. The molecule has 0 spiro atoms. The Kier molecular flexibility index (Phi) is 3.16. The van der Waals surface area contributed by atoms with Crippen LogP contribution < -0.4 is 0 Å². The van der Waals surface area contributed by atoms with Crippen LogP contribution in [0.25, 0.3) is 11.0 Å². The molecule has 1 aromatic carbocycles. The van der Waals surface area contributed by atoms with Gasteiger partial charge in [0.15, 0.2) is 5.76 Å². The van der Waals surface area contributed by atoms with E-state index in [0.29, 0.717) is 12.2 Å². The highest BCUT2D eigenvalue weighted by Crippen LogP contribution is 2.24. The van der Waals surface area contributed by atoms with Gasteiger partial charge in [-0.25, -0.2) is 0 Å². The summed E-state index contributed by atoms with van der Waals surface area (Å²) in [7, 11) is 1.89. The number of fused-ring (bicyclic) bond motifs is 1. The van der Waals surface area contributed by atoms with Crippen LogP contribution in [0.5, 0.6) is 0 Å². The molecule has 0 aliphatic heterocycles. The van der Waals surface area contributed by atoms with Crippen LogP contribution in [0.4, 0.5) is 0 Å². The zero-order chi connectivity index (χ0) is 15.1. The first kappa shape index (κ1) is 13.6. The lowest BCUT2D eigenvalue weighted by Gasteiger charge is -1.99. The lowest BCUT2D eigenvalue weighted by Crippen LogP contribution is -2.04. The van der Waals surface area contributed by atoms with E-state index in [9.17, 15) is 4.79 Å². The van der Waals surface area contributed by atoms with Crippen molar-refractivity contribution in [1.29, 1.82) is 0 Å². The Balaban J connectivity index is 1.95. The number of furan rings is 1. The standard InChI is InChI=1S/C17H18N2O2/c1-10-6-5-7-13-8-16(21-17(10)13)15(20)9-14-11(2)18-19(4)12(14)3/h5-8H,9H2,1-4H3. The summed E-state index contributed by atoms with van der Waals surface area (Å²) in [6, 6.07) is 7.74. The summed E-state index contributed by atoms with van der Waals surface area (Å²) in [5.74, 6) is 0.409. The van der Waals surface area contributed by atoms with Crippen molar-refractivity contribution in [1.82, 2.24) is 9.78 Å². The summed E-state index contributed by atoms with van der Waals surface area (Å²) in [5, 5.41) is 5.32. The van der Waals surface area contributed by atoms with Gasteiger partial charge in [0.05, 0.1) is 5.69 Å². The van der Waals surface area contributed by atoms with Gasteiger partial charge in [-0.05, 0) is 32.4 Å². The number of hydrogen-bond donors (Lipinski definition) is 0. The van der Waals surface area contributed by atoms with Crippen molar-refractivity contribution in [2.45, 2.75) is 27.2 Å². The fraction of sp³-hybridized carbons (Fsp3) is 0.294. The monoisotopic (exact) mass is 282 g/mol. The highest BCUT2D eigenvalue weighted by Gasteiger charge is 2.18. The Morgan fingerprint density at radius 3 is 2.67 bits per heavy atom. The average molecular weight is 282 g/mol. The first-order valence-corrected chi connectivity index (χ1v) is 6.99. The zero-order valence-corrected chi connectivity index (χ0v) is 12.7. The fourth-order valence-corrected chi connectivity index (χ4v) is 2.67. The lowest BCUT2D eigenvalue weighted by molar-refractivity contribution is 0.0968. The molecule has 4 heteroatoms. The second-order valence-electron chi connectivity index (χ2n) is 5.48. The Morgan fingerprint density at radius 2 is 2.05 bits per heavy atom. The third kappa shape index (κ3) is 2.27. The van der Waals surface area contributed by atoms with Gasteiger partial charge in [-0.15, -0.1) is 0 Å². The highest BCUT2D eigenvalue weighted by atomic mass is 16.3. The van der Waals surface area contributed by atoms with Gasteiger partial charge < -0.3 is 4.42 Å². The molecule has 3 rings (SSSR count). The summed E-state index contributed by atoms with van der Waals surface area (Å²) in [6.07, 6.45) is 0.324. The van der Waals surface area contributed by atoms with E-state index < -0.39 is 0 Å². The average Bonchev–Trinajstić information content (AvgIpc) is 2.97. The Labute approximate surface area is 123 Å². The molecule has 3 aromatic rings. The van der Waals surface area contributed by atoms with Gasteiger partial charge in [-0.1, -0.05) is 18.2 Å². The van der Waals surface area contributed by atoms with Gasteiger partial charge in [-0.3, -0.25) is 9.48 Å². The number of benzene rings is 1. The first-order valence-electron chi connectivity index (χ1n) is 6.99. The molecule has 108 valence electrons. The van der Waals surface area contributed by atoms with Crippen LogP contribution in [-0.4, -0.2) is 15.6 Å². The number of aryl methyl sites for hydroxylation is 3. The van der Waals surface area contributed by atoms with Gasteiger partial charge >= 0.3 is 0 Å². The van der Waals surface area contributed by atoms with Crippen molar-refractivity contribution in [3.63, 3.8) is 0 Å². The molecule has 0 fully saturated rings. The number of para-hydroxylation sites is 1. The summed E-state index contributed by atoms with van der Waals surface area (Å²) in [5.41, 5.74) is 4.74. The minimum atomic E-state index is -0.00944. The van der Waals surface area contributed by atoms with Crippen LogP contribution in [0.1, 0.15) is 33.1 Å². The molecule has 21 heavy (non-hydrogen) atoms. The van der Waals surface area contributed by atoms with Crippen molar-refractivity contribution in [3.8, 4) is 0 Å². The van der Waals surface area contributed by atoms with Crippen LogP contribution in [0.2, 0.25) is 0 Å². The van der Waals surface area contributed by atoms with E-state index in [4.69, 9.17) is 4.42 Å². The summed E-state index contributed by atoms with van der Waals surface area (Å²) in [4.78, 5) is 12.5. The zero-order valence-electron chi connectivity index (χ0n) is 12.7. The molecule has 0 atom stereocenters. The number of rotatable bonds is 3. The van der Waals surface area contributed by atoms with E-state index in [1.165, 1.54) is 0 Å². The Morgan fingerprint density at radius 1 is 1.29 bits per heavy atom. The molecular formula is C17H18N2O2. The topological polar surface area (TPSA) is 48.0 Å². The largest absolute Gasteiger partial charge is 0.453 e.